The average molecular weight is 234 g/mol. The van der Waals surface area contributed by atoms with Crippen molar-refractivity contribution in [3.63, 3.8) is 0 Å². The van der Waals surface area contributed by atoms with Crippen molar-refractivity contribution in [2.75, 3.05) is 0 Å². The highest BCUT2D eigenvalue weighted by Crippen LogP contribution is 2.30. The van der Waals surface area contributed by atoms with Crippen LogP contribution < -0.4 is 0 Å². The summed E-state index contributed by atoms with van der Waals surface area (Å²) >= 11 is 0. The Balaban J connectivity index is 1.95. The summed E-state index contributed by atoms with van der Waals surface area (Å²) in [5.74, 6) is 0. The minimum Gasteiger partial charge on any atom is -0.0655 e. The normalized spacial score (nSPS) is 13.3. The molecule has 1 aliphatic carbocycles. The molecule has 0 aromatic heterocycles. The molecule has 0 nitrogen and oxygen atoms in total. The molecule has 0 N–H and O–H groups in total. The van der Waals surface area contributed by atoms with Crippen LogP contribution in [0, 0.1) is 0 Å². The molecule has 0 amide bonds. The van der Waals surface area contributed by atoms with Crippen LogP contribution in [0.3, 0.4) is 0 Å². The summed E-state index contributed by atoms with van der Waals surface area (Å²) in [7, 11) is 0. The molecule has 0 radical (unpaired) electrons. The summed E-state index contributed by atoms with van der Waals surface area (Å²) in [5.41, 5.74) is 7.38. The Morgan fingerprint density at radius 2 is 1.78 bits per heavy atom. The van der Waals surface area contributed by atoms with Crippen LogP contribution in [0.2, 0.25) is 0 Å². The smallest absolute Gasteiger partial charge is 0.00197 e. The van der Waals surface area contributed by atoms with E-state index in [-0.39, 0.29) is 0 Å². The van der Waals surface area contributed by atoms with E-state index in [0.717, 1.165) is 12.8 Å². The minimum atomic E-state index is 1.04. The standard InChI is InChI=1S/C18H18/c1-2-14-11-16-9-6-10-17(18(16)13-14)12-15-7-4-3-5-8-15/h3-10,13H,2,11-12H2,1H3. The first kappa shape index (κ1) is 11.3. The van der Waals surface area contributed by atoms with Gasteiger partial charge in [-0.3, -0.25) is 0 Å². The van der Waals surface area contributed by atoms with Crippen LogP contribution in [0.5, 0.6) is 0 Å². The number of benzene rings is 2. The van der Waals surface area contributed by atoms with Gasteiger partial charge in [-0.1, -0.05) is 67.1 Å². The van der Waals surface area contributed by atoms with E-state index >= 15 is 0 Å². The van der Waals surface area contributed by atoms with E-state index in [1.165, 1.54) is 28.7 Å². The first-order chi connectivity index (χ1) is 8.86. The van der Waals surface area contributed by atoms with E-state index in [9.17, 15) is 0 Å². The van der Waals surface area contributed by atoms with Gasteiger partial charge in [0, 0.05) is 0 Å². The van der Waals surface area contributed by atoms with Crippen molar-refractivity contribution in [2.45, 2.75) is 26.2 Å². The molecule has 0 unspecified atom stereocenters. The highest BCUT2D eigenvalue weighted by atomic mass is 14.2. The Kier molecular flexibility index (Phi) is 3.02. The van der Waals surface area contributed by atoms with Gasteiger partial charge < -0.3 is 0 Å². The van der Waals surface area contributed by atoms with Crippen LogP contribution in [0.4, 0.5) is 0 Å². The first-order valence-electron chi connectivity index (χ1n) is 6.71. The highest BCUT2D eigenvalue weighted by Gasteiger charge is 2.14. The predicted molar refractivity (Wildman–Crippen MR) is 77.7 cm³/mol. The second-order valence-electron chi connectivity index (χ2n) is 4.99. The van der Waals surface area contributed by atoms with E-state index in [4.69, 9.17) is 0 Å². The van der Waals surface area contributed by atoms with Crippen molar-refractivity contribution in [2.24, 2.45) is 0 Å². The minimum absolute atomic E-state index is 1.04. The van der Waals surface area contributed by atoms with Crippen LogP contribution in [0.15, 0.2) is 54.1 Å². The number of fused-ring (bicyclic) bond motifs is 1. The van der Waals surface area contributed by atoms with Gasteiger partial charge in [0.1, 0.15) is 0 Å². The van der Waals surface area contributed by atoms with Crippen LogP contribution in [-0.2, 0) is 12.8 Å². The molecule has 90 valence electrons. The van der Waals surface area contributed by atoms with Crippen molar-refractivity contribution in [3.05, 3.63) is 76.4 Å². The van der Waals surface area contributed by atoms with E-state index in [1.54, 1.807) is 5.57 Å². The lowest BCUT2D eigenvalue weighted by Crippen LogP contribution is -1.93. The van der Waals surface area contributed by atoms with Gasteiger partial charge in [0.15, 0.2) is 0 Å². The monoisotopic (exact) mass is 234 g/mol. The molecule has 0 heterocycles. The third-order valence-corrected chi connectivity index (χ3v) is 3.74. The maximum atomic E-state index is 2.40. The number of hydrogen-bond acceptors (Lipinski definition) is 0. The Labute approximate surface area is 109 Å². The summed E-state index contributed by atoms with van der Waals surface area (Å²) in [6, 6.07) is 17.5. The molecule has 0 spiro atoms. The molecular weight excluding hydrogens is 216 g/mol. The Morgan fingerprint density at radius 3 is 2.56 bits per heavy atom. The molecule has 0 saturated carbocycles. The van der Waals surface area contributed by atoms with Gasteiger partial charge in [0.05, 0.1) is 0 Å². The van der Waals surface area contributed by atoms with Gasteiger partial charge in [0.2, 0.25) is 0 Å². The van der Waals surface area contributed by atoms with Gasteiger partial charge in [-0.05, 0) is 41.5 Å². The van der Waals surface area contributed by atoms with Crippen molar-refractivity contribution in [1.29, 1.82) is 0 Å². The molecule has 18 heavy (non-hydrogen) atoms. The molecule has 1 aliphatic rings. The summed E-state index contributed by atoms with van der Waals surface area (Å²) in [6.07, 6.45) is 5.75. The van der Waals surface area contributed by atoms with Crippen molar-refractivity contribution in [3.8, 4) is 0 Å². The van der Waals surface area contributed by atoms with Gasteiger partial charge in [-0.2, -0.15) is 0 Å². The van der Waals surface area contributed by atoms with Gasteiger partial charge in [-0.25, -0.2) is 0 Å². The third kappa shape index (κ3) is 2.11. The lowest BCUT2D eigenvalue weighted by molar-refractivity contribution is 1.04. The highest BCUT2D eigenvalue weighted by molar-refractivity contribution is 5.67. The lowest BCUT2D eigenvalue weighted by Gasteiger charge is -2.07. The Bertz CT molecular complexity index is 576. The van der Waals surface area contributed by atoms with E-state index in [0.29, 0.717) is 0 Å². The SMILES string of the molecule is CCC1=Cc2c(cccc2Cc2ccccc2)C1. The van der Waals surface area contributed by atoms with Crippen molar-refractivity contribution >= 4 is 6.08 Å². The summed E-state index contributed by atoms with van der Waals surface area (Å²) in [4.78, 5) is 0. The third-order valence-electron chi connectivity index (χ3n) is 3.74. The molecule has 0 atom stereocenters. The second-order valence-corrected chi connectivity index (χ2v) is 4.99. The zero-order chi connectivity index (χ0) is 12.4. The fourth-order valence-corrected chi connectivity index (χ4v) is 2.70. The molecule has 2 aromatic carbocycles. The van der Waals surface area contributed by atoms with Crippen LogP contribution in [0.25, 0.3) is 6.08 Å². The van der Waals surface area contributed by atoms with E-state index < -0.39 is 0 Å². The number of rotatable bonds is 3. The van der Waals surface area contributed by atoms with Crippen molar-refractivity contribution < 1.29 is 0 Å². The summed E-state index contributed by atoms with van der Waals surface area (Å²) < 4.78 is 0. The lowest BCUT2D eigenvalue weighted by atomic mass is 9.97. The van der Waals surface area contributed by atoms with Crippen LogP contribution >= 0.6 is 0 Å². The van der Waals surface area contributed by atoms with Crippen LogP contribution in [-0.4, -0.2) is 0 Å². The topological polar surface area (TPSA) is 0 Å². The van der Waals surface area contributed by atoms with Gasteiger partial charge in [0.25, 0.3) is 0 Å². The van der Waals surface area contributed by atoms with E-state index in [2.05, 4.69) is 61.5 Å². The Morgan fingerprint density at radius 1 is 0.944 bits per heavy atom. The molecule has 0 aliphatic heterocycles. The fraction of sp³-hybridized carbons (Fsp3) is 0.222. The molecule has 0 heteroatoms. The van der Waals surface area contributed by atoms with Gasteiger partial charge >= 0.3 is 0 Å². The fourth-order valence-electron chi connectivity index (χ4n) is 2.70. The zero-order valence-corrected chi connectivity index (χ0v) is 10.8. The van der Waals surface area contributed by atoms with Crippen LogP contribution in [0.1, 0.15) is 35.6 Å². The number of allylic oxidation sites excluding steroid dienone is 1. The average Bonchev–Trinajstić information content (AvgIpc) is 2.84. The van der Waals surface area contributed by atoms with Gasteiger partial charge in [-0.15, -0.1) is 0 Å². The largest absolute Gasteiger partial charge is 0.0655 e. The zero-order valence-electron chi connectivity index (χ0n) is 10.8. The first-order valence-corrected chi connectivity index (χ1v) is 6.71. The quantitative estimate of drug-likeness (QED) is 0.726. The van der Waals surface area contributed by atoms with Crippen molar-refractivity contribution in [1.82, 2.24) is 0 Å². The molecule has 0 fully saturated rings. The maximum Gasteiger partial charge on any atom is -0.00197 e. The second kappa shape index (κ2) is 4.81. The molecule has 3 rings (SSSR count). The molecular formula is C18H18. The molecule has 0 saturated heterocycles. The number of hydrogen-bond donors (Lipinski definition) is 0. The molecule has 0 bridgehead atoms. The summed E-state index contributed by atoms with van der Waals surface area (Å²) in [5, 5.41) is 0. The Hall–Kier alpha value is -1.82. The predicted octanol–water partition coefficient (Wildman–Crippen LogP) is 4.63. The van der Waals surface area contributed by atoms with E-state index in [1.807, 2.05) is 0 Å². The maximum absolute atomic E-state index is 2.40. The summed E-state index contributed by atoms with van der Waals surface area (Å²) in [6.45, 7) is 2.24. The molecule has 2 aromatic rings.